The number of amidine groups is 1. The van der Waals surface area contributed by atoms with Crippen LogP contribution in [-0.2, 0) is 16.1 Å². The highest BCUT2D eigenvalue weighted by atomic mass is 19.1. The van der Waals surface area contributed by atoms with E-state index in [-0.39, 0.29) is 12.1 Å². The fraction of sp³-hybridized carbons (Fsp3) is 0.333. The van der Waals surface area contributed by atoms with Crippen LogP contribution in [0.25, 0.3) is 0 Å². The van der Waals surface area contributed by atoms with E-state index in [1.54, 1.807) is 38.4 Å². The minimum atomic E-state index is -0.792. The molecule has 130 valence electrons. The Hall–Kier alpha value is -2.83. The monoisotopic (exact) mass is 344 g/mol. The molecule has 7 heteroatoms. The van der Waals surface area contributed by atoms with Crippen molar-refractivity contribution in [2.75, 3.05) is 13.7 Å². The first-order chi connectivity index (χ1) is 12.0. The fourth-order valence-electron chi connectivity index (χ4n) is 2.97. The molecule has 3 amide bonds. The standard InChI is InChI=1S/C18H19FN3O3/c1-4-25-15-11(2)9-20-16-14(15)17(23)22(18(24)21(16)3)10-12-7-5-6-8-13(12)19/h5-9,14H,4,10H2,1-3H3/q+1. The first-order valence-corrected chi connectivity index (χ1v) is 8.02. The third kappa shape index (κ3) is 2.86. The summed E-state index contributed by atoms with van der Waals surface area (Å²) in [5, 5.41) is 0. The third-order valence-electron chi connectivity index (χ3n) is 4.26. The molecule has 0 fully saturated rings. The molecular weight excluding hydrogens is 325 g/mol. The summed E-state index contributed by atoms with van der Waals surface area (Å²) < 4.78 is 20.9. The molecule has 1 unspecified atom stereocenters. The topological polar surface area (TPSA) is 62.0 Å². The number of ether oxygens (including phenoxy) is 1. The molecule has 0 bridgehead atoms. The zero-order valence-corrected chi connectivity index (χ0v) is 14.3. The molecule has 2 heterocycles. The van der Waals surface area contributed by atoms with Gasteiger partial charge in [0.2, 0.25) is 0 Å². The molecule has 2 aliphatic heterocycles. The van der Waals surface area contributed by atoms with E-state index in [0.29, 0.717) is 18.2 Å². The Morgan fingerprint density at radius 1 is 1.32 bits per heavy atom. The van der Waals surface area contributed by atoms with Crippen LogP contribution in [-0.4, -0.2) is 47.1 Å². The number of fused-ring (bicyclic) bond motifs is 1. The molecular formula is C18H19FN3O3+. The van der Waals surface area contributed by atoms with E-state index >= 15 is 0 Å². The van der Waals surface area contributed by atoms with Crippen LogP contribution in [0, 0.1) is 11.7 Å². The lowest BCUT2D eigenvalue weighted by molar-refractivity contribution is -0.409. The Labute approximate surface area is 144 Å². The quantitative estimate of drug-likeness (QED) is 0.788. The lowest BCUT2D eigenvalue weighted by atomic mass is 9.96. The summed E-state index contributed by atoms with van der Waals surface area (Å²) in [5.74, 6) is -0.899. The number of carbonyl (C=O) groups is 2. The second-order valence-corrected chi connectivity index (χ2v) is 5.89. The Kier molecular flexibility index (Phi) is 4.48. The Morgan fingerprint density at radius 2 is 2.04 bits per heavy atom. The van der Waals surface area contributed by atoms with Crippen LogP contribution >= 0.6 is 0 Å². The number of dihydropyridines is 1. The van der Waals surface area contributed by atoms with Crippen molar-refractivity contribution in [3.05, 3.63) is 47.0 Å². The van der Waals surface area contributed by atoms with Crippen molar-refractivity contribution in [3.63, 3.8) is 0 Å². The number of aliphatic imine (C=N–C) groups is 1. The number of urea groups is 1. The van der Waals surface area contributed by atoms with Gasteiger partial charge in [-0.05, 0) is 19.9 Å². The van der Waals surface area contributed by atoms with Gasteiger partial charge in [-0.15, -0.1) is 4.99 Å². The molecule has 0 spiro atoms. The second-order valence-electron chi connectivity index (χ2n) is 5.89. The lowest BCUT2D eigenvalue weighted by Crippen LogP contribution is -2.54. The summed E-state index contributed by atoms with van der Waals surface area (Å²) in [5.41, 5.74) is 1.01. The maximum atomic E-state index is 14.0. The van der Waals surface area contributed by atoms with E-state index in [2.05, 4.69) is 4.99 Å². The Balaban J connectivity index is 2.03. The minimum Gasteiger partial charge on any atom is -0.496 e. The summed E-state index contributed by atoms with van der Waals surface area (Å²) in [6.07, 6.45) is 1.58. The number of hydrogen-bond acceptors (Lipinski definition) is 4. The molecule has 0 N–H and O–H groups in total. The number of hydrogen-bond donors (Lipinski definition) is 0. The summed E-state index contributed by atoms with van der Waals surface area (Å²) in [7, 11) is 1.55. The van der Waals surface area contributed by atoms with Gasteiger partial charge in [-0.1, -0.05) is 18.2 Å². The van der Waals surface area contributed by atoms with Crippen molar-refractivity contribution >= 4 is 24.0 Å². The second kappa shape index (κ2) is 6.58. The zero-order chi connectivity index (χ0) is 18.1. The number of carbonyl (C=O) groups excluding carboxylic acids is 2. The van der Waals surface area contributed by atoms with Crippen LogP contribution < -0.4 is 0 Å². The maximum absolute atomic E-state index is 14.0. The lowest BCUT2D eigenvalue weighted by Gasteiger charge is -2.29. The highest BCUT2D eigenvalue weighted by molar-refractivity contribution is 6.16. The largest absolute Gasteiger partial charge is 0.496 e. The summed E-state index contributed by atoms with van der Waals surface area (Å²) >= 11 is 0. The van der Waals surface area contributed by atoms with Crippen LogP contribution in [0.2, 0.25) is 0 Å². The molecule has 1 aromatic rings. The third-order valence-corrected chi connectivity index (χ3v) is 4.26. The van der Waals surface area contributed by atoms with E-state index < -0.39 is 23.7 Å². The van der Waals surface area contributed by atoms with Gasteiger partial charge in [0.1, 0.15) is 24.3 Å². The van der Waals surface area contributed by atoms with E-state index in [0.717, 1.165) is 10.5 Å². The van der Waals surface area contributed by atoms with Crippen molar-refractivity contribution < 1.29 is 23.3 Å². The molecule has 25 heavy (non-hydrogen) atoms. The predicted molar refractivity (Wildman–Crippen MR) is 89.8 cm³/mol. The molecule has 0 saturated carbocycles. The molecule has 6 nitrogen and oxygen atoms in total. The number of imide groups is 1. The van der Waals surface area contributed by atoms with Gasteiger partial charge < -0.3 is 4.74 Å². The smallest absolute Gasteiger partial charge is 0.445 e. The average molecular weight is 344 g/mol. The highest BCUT2D eigenvalue weighted by Crippen LogP contribution is 2.29. The van der Waals surface area contributed by atoms with E-state index in [9.17, 15) is 14.0 Å². The number of rotatable bonds is 4. The van der Waals surface area contributed by atoms with Gasteiger partial charge in [-0.25, -0.2) is 9.18 Å². The van der Waals surface area contributed by atoms with Gasteiger partial charge in [0.05, 0.1) is 13.7 Å². The van der Waals surface area contributed by atoms with Crippen LogP contribution in [0.4, 0.5) is 9.18 Å². The summed E-state index contributed by atoms with van der Waals surface area (Å²) in [6.45, 7) is 3.88. The number of halogens is 1. The molecule has 1 atom stereocenters. The van der Waals surface area contributed by atoms with E-state index in [1.807, 2.05) is 6.92 Å². The van der Waals surface area contributed by atoms with E-state index in [4.69, 9.17) is 4.74 Å². The van der Waals surface area contributed by atoms with Gasteiger partial charge in [0.15, 0.2) is 5.92 Å². The van der Waals surface area contributed by atoms with Gasteiger partial charge >= 0.3 is 11.9 Å². The van der Waals surface area contributed by atoms with Crippen molar-refractivity contribution in [2.24, 2.45) is 10.9 Å². The molecule has 0 aromatic heterocycles. The summed E-state index contributed by atoms with van der Waals surface area (Å²) in [4.78, 5) is 30.9. The SMILES string of the molecule is CCOC1=C(C)C=NC2=[N+](C)C(=O)N(Cc3ccccc3F)C(=O)C12. The Bertz CT molecular complexity index is 842. The van der Waals surface area contributed by atoms with Crippen LogP contribution in [0.3, 0.4) is 0 Å². The first-order valence-electron chi connectivity index (χ1n) is 8.02. The van der Waals surface area contributed by atoms with Crippen molar-refractivity contribution in [3.8, 4) is 0 Å². The van der Waals surface area contributed by atoms with Gasteiger partial charge in [-0.2, -0.15) is 9.48 Å². The fourth-order valence-corrected chi connectivity index (χ4v) is 2.97. The van der Waals surface area contributed by atoms with Crippen molar-refractivity contribution in [2.45, 2.75) is 20.4 Å². The molecule has 0 radical (unpaired) electrons. The predicted octanol–water partition coefficient (Wildman–Crippen LogP) is 2.34. The molecule has 2 aliphatic rings. The number of nitrogens with zero attached hydrogens (tertiary/aromatic N) is 3. The van der Waals surface area contributed by atoms with Crippen LogP contribution in [0.1, 0.15) is 19.4 Å². The average Bonchev–Trinajstić information content (AvgIpc) is 2.60. The van der Waals surface area contributed by atoms with Gasteiger partial charge in [0.25, 0.3) is 5.84 Å². The molecule has 0 aliphatic carbocycles. The maximum Gasteiger partial charge on any atom is 0.445 e. The number of benzene rings is 1. The van der Waals surface area contributed by atoms with Crippen molar-refractivity contribution in [1.29, 1.82) is 0 Å². The Morgan fingerprint density at radius 3 is 2.72 bits per heavy atom. The zero-order valence-electron chi connectivity index (χ0n) is 14.3. The first kappa shape index (κ1) is 17.0. The molecule has 1 aromatic carbocycles. The molecule has 0 saturated heterocycles. The molecule has 3 rings (SSSR count). The minimum absolute atomic E-state index is 0.138. The van der Waals surface area contributed by atoms with E-state index in [1.165, 1.54) is 10.6 Å². The van der Waals surface area contributed by atoms with Crippen molar-refractivity contribution in [1.82, 2.24) is 4.90 Å². The number of amides is 3. The normalized spacial score (nSPS) is 20.3. The highest BCUT2D eigenvalue weighted by Gasteiger charge is 2.50. The van der Waals surface area contributed by atoms with Gasteiger partial charge in [-0.3, -0.25) is 4.79 Å². The van der Waals surface area contributed by atoms with Crippen LogP contribution in [0.15, 0.2) is 40.6 Å². The van der Waals surface area contributed by atoms with Crippen LogP contribution in [0.5, 0.6) is 0 Å². The number of allylic oxidation sites excluding steroid dienone is 1. The van der Waals surface area contributed by atoms with Gasteiger partial charge in [0, 0.05) is 11.1 Å². The summed E-state index contributed by atoms with van der Waals surface area (Å²) in [6, 6.07) is 5.55.